The quantitative estimate of drug-likeness (QED) is 0.455. The first-order chi connectivity index (χ1) is 17.3. The van der Waals surface area contributed by atoms with Crippen molar-refractivity contribution >= 4 is 39.5 Å². The van der Waals surface area contributed by atoms with Crippen LogP contribution in [0.3, 0.4) is 0 Å². The van der Waals surface area contributed by atoms with E-state index >= 15 is 0 Å². The summed E-state index contributed by atoms with van der Waals surface area (Å²) in [5.41, 5.74) is 2.46. The molecular weight excluding hydrogens is 438 g/mol. The molecule has 0 atom stereocenters. The van der Waals surface area contributed by atoms with Gasteiger partial charge in [-0.05, 0) is 63.3 Å². The SMILES string of the molecule is c1cc2c3cnc(Nc4ccc(N5CCC6(CCCN6)CC5)nn4)nc3n(C3CCCC3)c2cn1. The number of piperidine rings is 1. The van der Waals surface area contributed by atoms with Crippen molar-refractivity contribution < 1.29 is 0 Å². The molecule has 2 aliphatic heterocycles. The normalized spacial score (nSPS) is 20.4. The first kappa shape index (κ1) is 21.0. The van der Waals surface area contributed by atoms with Gasteiger partial charge < -0.3 is 20.1 Å². The summed E-state index contributed by atoms with van der Waals surface area (Å²) in [4.78, 5) is 16.3. The lowest BCUT2D eigenvalue weighted by atomic mass is 9.86. The zero-order chi connectivity index (χ0) is 23.2. The van der Waals surface area contributed by atoms with E-state index in [0.717, 1.165) is 47.4 Å². The van der Waals surface area contributed by atoms with E-state index in [2.05, 4.69) is 52.4 Å². The van der Waals surface area contributed by atoms with E-state index in [9.17, 15) is 0 Å². The van der Waals surface area contributed by atoms with Crippen molar-refractivity contribution in [2.75, 3.05) is 29.9 Å². The van der Waals surface area contributed by atoms with Crippen molar-refractivity contribution in [3.05, 3.63) is 36.8 Å². The number of nitrogens with zero attached hydrogens (tertiary/aromatic N) is 7. The van der Waals surface area contributed by atoms with Gasteiger partial charge in [0.25, 0.3) is 0 Å². The molecule has 3 aliphatic rings. The average molecular weight is 470 g/mol. The fourth-order valence-corrected chi connectivity index (χ4v) is 6.39. The molecule has 0 amide bonds. The van der Waals surface area contributed by atoms with Crippen LogP contribution in [0.1, 0.15) is 57.4 Å². The lowest BCUT2D eigenvalue weighted by molar-refractivity contribution is 0.296. The summed E-state index contributed by atoms with van der Waals surface area (Å²) in [6.45, 7) is 3.20. The second kappa shape index (κ2) is 8.41. The molecule has 1 spiro atoms. The number of nitrogens with one attached hydrogen (secondary N) is 2. The zero-order valence-electron chi connectivity index (χ0n) is 20.0. The molecule has 2 N–H and O–H groups in total. The number of hydrogen-bond acceptors (Lipinski definition) is 8. The molecule has 6 heterocycles. The van der Waals surface area contributed by atoms with Gasteiger partial charge in [0.1, 0.15) is 5.65 Å². The summed E-state index contributed by atoms with van der Waals surface area (Å²) in [6, 6.07) is 6.55. The van der Waals surface area contributed by atoms with Crippen molar-refractivity contribution in [1.29, 1.82) is 0 Å². The highest BCUT2D eigenvalue weighted by Gasteiger charge is 2.37. The van der Waals surface area contributed by atoms with Gasteiger partial charge in [0, 0.05) is 47.8 Å². The van der Waals surface area contributed by atoms with E-state index < -0.39 is 0 Å². The lowest BCUT2D eigenvalue weighted by Crippen LogP contribution is -2.50. The molecule has 35 heavy (non-hydrogen) atoms. The van der Waals surface area contributed by atoms with Gasteiger partial charge in [-0.2, -0.15) is 4.98 Å². The van der Waals surface area contributed by atoms with E-state index in [1.165, 1.54) is 51.4 Å². The largest absolute Gasteiger partial charge is 0.355 e. The Balaban J connectivity index is 1.13. The molecule has 0 radical (unpaired) electrons. The van der Waals surface area contributed by atoms with E-state index in [1.54, 1.807) is 0 Å². The molecule has 4 aromatic heterocycles. The molecule has 9 nitrogen and oxygen atoms in total. The van der Waals surface area contributed by atoms with Gasteiger partial charge in [-0.3, -0.25) is 4.98 Å². The first-order valence-electron chi connectivity index (χ1n) is 13.0. The minimum Gasteiger partial charge on any atom is -0.355 e. The van der Waals surface area contributed by atoms with Crippen LogP contribution in [0.15, 0.2) is 36.8 Å². The van der Waals surface area contributed by atoms with Crippen molar-refractivity contribution in [3.8, 4) is 0 Å². The molecule has 0 bridgehead atoms. The molecular formula is C26H31N9. The number of hydrogen-bond donors (Lipinski definition) is 2. The highest BCUT2D eigenvalue weighted by atomic mass is 15.3. The van der Waals surface area contributed by atoms with Crippen LogP contribution in [0.4, 0.5) is 17.6 Å². The molecule has 2 saturated heterocycles. The van der Waals surface area contributed by atoms with Crippen LogP contribution in [0, 0.1) is 0 Å². The molecule has 3 fully saturated rings. The van der Waals surface area contributed by atoms with Crippen LogP contribution in [-0.2, 0) is 0 Å². The van der Waals surface area contributed by atoms with Gasteiger partial charge >= 0.3 is 0 Å². The van der Waals surface area contributed by atoms with E-state index in [4.69, 9.17) is 4.98 Å². The minimum atomic E-state index is 0.360. The molecule has 9 heteroatoms. The molecule has 0 unspecified atom stereocenters. The molecule has 180 valence electrons. The van der Waals surface area contributed by atoms with Gasteiger partial charge in [-0.25, -0.2) is 4.98 Å². The van der Waals surface area contributed by atoms with Gasteiger partial charge in [0.15, 0.2) is 11.6 Å². The standard InChI is InChI=1S/C26H31N9/c1-2-5-18(4-1)35-21-17-27-13-8-19(21)20-16-28-25(31-24(20)35)30-22-6-7-23(33-32-22)34-14-10-26(11-15-34)9-3-12-29-26/h6-8,13,16-18,29H,1-5,9-12,14-15H2,(H,28,30,31,32). The van der Waals surface area contributed by atoms with Crippen LogP contribution in [-0.4, -0.2) is 54.9 Å². The van der Waals surface area contributed by atoms with Crippen molar-refractivity contribution in [1.82, 2.24) is 35.0 Å². The molecule has 0 aromatic carbocycles. The second-order valence-electron chi connectivity index (χ2n) is 10.3. The Morgan fingerprint density at radius 3 is 2.60 bits per heavy atom. The van der Waals surface area contributed by atoms with Crippen LogP contribution in [0.5, 0.6) is 0 Å². The van der Waals surface area contributed by atoms with Crippen LogP contribution < -0.4 is 15.5 Å². The maximum Gasteiger partial charge on any atom is 0.230 e. The maximum absolute atomic E-state index is 4.93. The third-order valence-electron chi connectivity index (χ3n) is 8.30. The fourth-order valence-electron chi connectivity index (χ4n) is 6.39. The summed E-state index contributed by atoms with van der Waals surface area (Å²) in [5.74, 6) is 2.14. The topological polar surface area (TPSA) is 96.7 Å². The van der Waals surface area contributed by atoms with Gasteiger partial charge in [-0.1, -0.05) is 12.8 Å². The Bertz CT molecular complexity index is 1340. The molecule has 4 aromatic rings. The van der Waals surface area contributed by atoms with Gasteiger partial charge in [0.05, 0.1) is 11.7 Å². The van der Waals surface area contributed by atoms with Crippen molar-refractivity contribution in [2.45, 2.75) is 62.9 Å². The van der Waals surface area contributed by atoms with Crippen molar-refractivity contribution in [3.63, 3.8) is 0 Å². The number of aromatic nitrogens is 6. The summed E-state index contributed by atoms with van der Waals surface area (Å²) in [5, 5.41) is 18.2. The molecule has 1 saturated carbocycles. The lowest BCUT2D eigenvalue weighted by Gasteiger charge is -2.39. The smallest absolute Gasteiger partial charge is 0.230 e. The summed E-state index contributed by atoms with van der Waals surface area (Å²) in [6.07, 6.45) is 15.6. The number of fused-ring (bicyclic) bond motifs is 3. The minimum absolute atomic E-state index is 0.360. The highest BCUT2D eigenvalue weighted by molar-refractivity contribution is 6.06. The second-order valence-corrected chi connectivity index (χ2v) is 10.3. The first-order valence-corrected chi connectivity index (χ1v) is 13.0. The Labute approximate surface area is 204 Å². The predicted molar refractivity (Wildman–Crippen MR) is 137 cm³/mol. The summed E-state index contributed by atoms with van der Waals surface area (Å²) >= 11 is 0. The number of rotatable bonds is 4. The maximum atomic E-state index is 4.93. The zero-order valence-corrected chi connectivity index (χ0v) is 20.0. The monoisotopic (exact) mass is 469 g/mol. The Kier molecular flexibility index (Phi) is 5.04. The van der Waals surface area contributed by atoms with Gasteiger partial charge in [0.2, 0.25) is 5.95 Å². The van der Waals surface area contributed by atoms with E-state index in [0.29, 0.717) is 23.3 Å². The van der Waals surface area contributed by atoms with Gasteiger partial charge in [-0.15, -0.1) is 10.2 Å². The van der Waals surface area contributed by atoms with Crippen LogP contribution in [0.25, 0.3) is 21.9 Å². The Morgan fingerprint density at radius 2 is 1.83 bits per heavy atom. The van der Waals surface area contributed by atoms with Crippen LogP contribution in [0.2, 0.25) is 0 Å². The number of anilines is 3. The molecule has 1 aliphatic carbocycles. The van der Waals surface area contributed by atoms with Crippen molar-refractivity contribution in [2.24, 2.45) is 0 Å². The van der Waals surface area contributed by atoms with E-state index in [1.807, 2.05) is 24.7 Å². The summed E-state index contributed by atoms with van der Waals surface area (Å²) in [7, 11) is 0. The third-order valence-corrected chi connectivity index (χ3v) is 8.30. The third kappa shape index (κ3) is 3.69. The highest BCUT2D eigenvalue weighted by Crippen LogP contribution is 2.37. The average Bonchev–Trinajstić information content (AvgIpc) is 3.65. The Morgan fingerprint density at radius 1 is 0.943 bits per heavy atom. The fraction of sp³-hybridized carbons (Fsp3) is 0.500. The Hall–Kier alpha value is -3.33. The summed E-state index contributed by atoms with van der Waals surface area (Å²) < 4.78 is 2.37. The number of pyridine rings is 1. The predicted octanol–water partition coefficient (Wildman–Crippen LogP) is 4.35. The van der Waals surface area contributed by atoms with E-state index in [-0.39, 0.29) is 0 Å². The van der Waals surface area contributed by atoms with Crippen LogP contribution >= 0.6 is 0 Å². The molecule has 7 rings (SSSR count).